The first-order valence-electron chi connectivity index (χ1n) is 5.23. The van der Waals surface area contributed by atoms with Gasteiger partial charge in [-0.05, 0) is 29.8 Å². The summed E-state index contributed by atoms with van der Waals surface area (Å²) < 4.78 is 5.59. The van der Waals surface area contributed by atoms with Crippen molar-refractivity contribution in [2.45, 2.75) is 0 Å². The van der Waals surface area contributed by atoms with E-state index in [1.807, 2.05) is 18.2 Å². The van der Waals surface area contributed by atoms with Gasteiger partial charge in [0, 0.05) is 23.7 Å². The molecule has 2 rings (SSSR count). The van der Waals surface area contributed by atoms with Crippen molar-refractivity contribution < 1.29 is 9.84 Å². The largest absolute Gasteiger partial charge is 0.489 e. The van der Waals surface area contributed by atoms with E-state index in [4.69, 9.17) is 21.4 Å². The number of aliphatic hydroxyl groups is 1. The minimum atomic E-state index is 0.149. The van der Waals surface area contributed by atoms with Gasteiger partial charge in [-0.1, -0.05) is 11.6 Å². The predicted octanol–water partition coefficient (Wildman–Crippen LogP) is 1.70. The lowest BCUT2D eigenvalue weighted by atomic mass is 10.1. The van der Waals surface area contributed by atoms with Crippen LogP contribution in [0.3, 0.4) is 0 Å². The lowest BCUT2D eigenvalue weighted by Crippen LogP contribution is -2.24. The molecule has 1 aromatic rings. The van der Waals surface area contributed by atoms with Crippen molar-refractivity contribution in [3.8, 4) is 5.75 Å². The molecule has 16 heavy (non-hydrogen) atoms. The quantitative estimate of drug-likeness (QED) is 0.786. The number of benzene rings is 1. The maximum atomic E-state index is 8.66. The Labute approximate surface area is 99.7 Å². The summed E-state index contributed by atoms with van der Waals surface area (Å²) >= 11 is 5.92. The van der Waals surface area contributed by atoms with Gasteiger partial charge in [0.05, 0.1) is 6.61 Å². The molecule has 0 fully saturated rings. The molecule has 1 aliphatic rings. The van der Waals surface area contributed by atoms with Crippen molar-refractivity contribution in [3.05, 3.63) is 34.4 Å². The molecule has 3 nitrogen and oxygen atoms in total. The highest BCUT2D eigenvalue weighted by Crippen LogP contribution is 2.28. The maximum Gasteiger partial charge on any atom is 0.127 e. The molecule has 0 aromatic heterocycles. The molecule has 0 spiro atoms. The Balaban J connectivity index is 2.08. The van der Waals surface area contributed by atoms with E-state index in [2.05, 4.69) is 11.4 Å². The maximum absolute atomic E-state index is 8.66. The topological polar surface area (TPSA) is 41.5 Å². The van der Waals surface area contributed by atoms with E-state index in [9.17, 15) is 0 Å². The summed E-state index contributed by atoms with van der Waals surface area (Å²) in [4.78, 5) is 0. The Hall–Kier alpha value is -1.03. The third-order valence-electron chi connectivity index (χ3n) is 2.39. The zero-order valence-corrected chi connectivity index (χ0v) is 9.63. The first-order valence-corrected chi connectivity index (χ1v) is 5.61. The van der Waals surface area contributed by atoms with Crippen LogP contribution in [-0.2, 0) is 0 Å². The van der Waals surface area contributed by atoms with E-state index in [0.29, 0.717) is 18.2 Å². The second-order valence-corrected chi connectivity index (χ2v) is 4.11. The lowest BCUT2D eigenvalue weighted by Gasteiger charge is -2.18. The van der Waals surface area contributed by atoms with Gasteiger partial charge in [-0.15, -0.1) is 0 Å². The van der Waals surface area contributed by atoms with E-state index >= 15 is 0 Å². The van der Waals surface area contributed by atoms with E-state index in [1.165, 1.54) is 0 Å². The molecule has 0 atom stereocenters. The van der Waals surface area contributed by atoms with Crippen molar-refractivity contribution in [1.82, 2.24) is 5.32 Å². The molecule has 86 valence electrons. The van der Waals surface area contributed by atoms with Gasteiger partial charge in [-0.2, -0.15) is 0 Å². The second-order valence-electron chi connectivity index (χ2n) is 3.67. The molecule has 0 bridgehead atoms. The van der Waals surface area contributed by atoms with Crippen LogP contribution in [-0.4, -0.2) is 31.4 Å². The summed E-state index contributed by atoms with van der Waals surface area (Å²) in [5.41, 5.74) is 2.17. The third kappa shape index (κ3) is 2.76. The van der Waals surface area contributed by atoms with E-state index in [0.717, 1.165) is 23.4 Å². The smallest absolute Gasteiger partial charge is 0.127 e. The van der Waals surface area contributed by atoms with E-state index < -0.39 is 0 Å². The summed E-state index contributed by atoms with van der Waals surface area (Å²) in [6.45, 7) is 2.07. The molecule has 0 saturated heterocycles. The van der Waals surface area contributed by atoms with Crippen molar-refractivity contribution >= 4 is 17.7 Å². The van der Waals surface area contributed by atoms with Gasteiger partial charge < -0.3 is 15.2 Å². The summed E-state index contributed by atoms with van der Waals surface area (Å²) in [7, 11) is 0. The fourth-order valence-corrected chi connectivity index (χ4v) is 1.81. The van der Waals surface area contributed by atoms with Crippen molar-refractivity contribution in [1.29, 1.82) is 0 Å². The summed E-state index contributed by atoms with van der Waals surface area (Å²) in [5, 5.41) is 12.5. The van der Waals surface area contributed by atoms with Crippen LogP contribution >= 0.6 is 11.6 Å². The van der Waals surface area contributed by atoms with Crippen LogP contribution in [0.1, 0.15) is 5.56 Å². The Morgan fingerprint density at radius 3 is 3.12 bits per heavy atom. The number of aliphatic hydroxyl groups excluding tert-OH is 1. The molecular weight excluding hydrogens is 226 g/mol. The number of halogens is 1. The van der Waals surface area contributed by atoms with Gasteiger partial charge in [0.2, 0.25) is 0 Å². The summed E-state index contributed by atoms with van der Waals surface area (Å²) in [6, 6.07) is 5.59. The van der Waals surface area contributed by atoms with Crippen LogP contribution in [0.15, 0.2) is 23.8 Å². The Morgan fingerprint density at radius 2 is 2.31 bits per heavy atom. The summed E-state index contributed by atoms with van der Waals surface area (Å²) in [6.07, 6.45) is 2.08. The minimum Gasteiger partial charge on any atom is -0.489 e. The van der Waals surface area contributed by atoms with Crippen molar-refractivity contribution in [3.63, 3.8) is 0 Å². The second kappa shape index (κ2) is 5.34. The van der Waals surface area contributed by atoms with Gasteiger partial charge in [-0.3, -0.25) is 0 Å². The normalized spacial score (nSPS) is 14.0. The number of ether oxygens (including phenoxy) is 1. The zero-order valence-electron chi connectivity index (χ0n) is 8.87. The predicted molar refractivity (Wildman–Crippen MR) is 64.9 cm³/mol. The average molecular weight is 240 g/mol. The van der Waals surface area contributed by atoms with Gasteiger partial charge >= 0.3 is 0 Å². The number of hydrogen-bond donors (Lipinski definition) is 2. The Morgan fingerprint density at radius 1 is 1.44 bits per heavy atom. The molecule has 4 heteroatoms. The van der Waals surface area contributed by atoms with Crippen LogP contribution in [0.2, 0.25) is 5.02 Å². The zero-order chi connectivity index (χ0) is 11.4. The number of hydrogen-bond acceptors (Lipinski definition) is 3. The van der Waals surface area contributed by atoms with Crippen LogP contribution in [0, 0.1) is 0 Å². The van der Waals surface area contributed by atoms with Gasteiger partial charge in [0.25, 0.3) is 0 Å². The molecule has 0 radical (unpaired) electrons. The first kappa shape index (κ1) is 11.5. The minimum absolute atomic E-state index is 0.149. The average Bonchev–Trinajstić information content (AvgIpc) is 2.29. The number of fused-ring (bicyclic) bond motifs is 1. The summed E-state index contributed by atoms with van der Waals surface area (Å²) in [5.74, 6) is 0.871. The van der Waals surface area contributed by atoms with Crippen molar-refractivity contribution in [2.24, 2.45) is 0 Å². The highest BCUT2D eigenvalue weighted by Gasteiger charge is 2.11. The lowest BCUT2D eigenvalue weighted by molar-refractivity contribution is 0.292. The van der Waals surface area contributed by atoms with Gasteiger partial charge in [0.15, 0.2) is 0 Å². The third-order valence-corrected chi connectivity index (χ3v) is 2.62. The van der Waals surface area contributed by atoms with Crippen LogP contribution in [0.25, 0.3) is 6.08 Å². The molecule has 2 N–H and O–H groups in total. The fourth-order valence-electron chi connectivity index (χ4n) is 1.63. The number of nitrogens with one attached hydrogen (secondary N) is 1. The highest BCUT2D eigenvalue weighted by atomic mass is 35.5. The van der Waals surface area contributed by atoms with Crippen LogP contribution in [0.5, 0.6) is 5.75 Å². The molecule has 0 saturated carbocycles. The molecule has 0 aliphatic carbocycles. The molecule has 1 aromatic carbocycles. The molecule has 1 aliphatic heterocycles. The molecule has 0 amide bonds. The molecular formula is C12H14ClNO2. The standard InChI is InChI=1S/C12H14ClNO2/c13-11-1-2-12-10(6-11)5-9(8-16-12)7-14-3-4-15/h1-2,5-6,14-15H,3-4,7-8H2. The van der Waals surface area contributed by atoms with Crippen LogP contribution < -0.4 is 10.1 Å². The van der Waals surface area contributed by atoms with Gasteiger partial charge in [0.1, 0.15) is 12.4 Å². The van der Waals surface area contributed by atoms with Crippen LogP contribution in [0.4, 0.5) is 0 Å². The Bertz CT molecular complexity index is 404. The van der Waals surface area contributed by atoms with Crippen molar-refractivity contribution in [2.75, 3.05) is 26.3 Å². The highest BCUT2D eigenvalue weighted by molar-refractivity contribution is 6.30. The molecule has 1 heterocycles. The first-order chi connectivity index (χ1) is 7.79. The fraction of sp³-hybridized carbons (Fsp3) is 0.333. The van der Waals surface area contributed by atoms with E-state index in [-0.39, 0.29) is 6.61 Å². The SMILES string of the molecule is OCCNCC1=Cc2cc(Cl)ccc2OC1. The molecule has 0 unspecified atom stereocenters. The van der Waals surface area contributed by atoms with E-state index in [1.54, 1.807) is 0 Å². The number of rotatable bonds is 4. The monoisotopic (exact) mass is 239 g/mol. The van der Waals surface area contributed by atoms with Gasteiger partial charge in [-0.25, -0.2) is 0 Å². The Kier molecular flexibility index (Phi) is 3.83.